The Kier molecular flexibility index (Phi) is 11.4. The number of Topliss-reactive ketones (excluding diaryl/α,β-unsaturated/α-hetero) is 1. The van der Waals surface area contributed by atoms with Crippen LogP contribution in [0.15, 0.2) is 12.7 Å². The molecule has 0 aromatic heterocycles. The summed E-state index contributed by atoms with van der Waals surface area (Å²) in [6, 6.07) is -3.03. The molecule has 12 nitrogen and oxygen atoms in total. The number of rotatable bonds is 12. The SMILES string of the molecule is C=CCC(NC(=O)[C@@H]1C2C(CN1C(=O)C(NC(=O)OC(C)(C)C)C1CCCCC1)C2(C)C)C(=O)C(=O)NCCS(=O)(=O)C(C)(C)C. The molecule has 2 saturated carbocycles. The standard InChI is InChI=1S/C33H54N4O8S/c1-10-14-22(26(38)28(40)34-17-18-46(43,44)32(5,6)7)35-27(39)25-23-21(33(23,8)9)19-37(25)29(41)24(20-15-12-11-13-16-20)36-30(42)45-31(2,3)4/h10,20-25H,1,11-19H2,2-9H3,(H,34,40)(H,35,39)(H,36,42)/t21?,22?,23?,24?,25-/m0/s1. The molecule has 5 atom stereocenters. The Morgan fingerprint density at radius 2 is 1.61 bits per heavy atom. The van der Waals surface area contributed by atoms with Crippen molar-refractivity contribution in [3.63, 3.8) is 0 Å². The minimum atomic E-state index is -3.52. The molecule has 0 spiro atoms. The molecule has 1 heterocycles. The van der Waals surface area contributed by atoms with Crippen LogP contribution in [0.25, 0.3) is 0 Å². The average Bonchev–Trinajstić information content (AvgIpc) is 3.26. The predicted molar refractivity (Wildman–Crippen MR) is 174 cm³/mol. The summed E-state index contributed by atoms with van der Waals surface area (Å²) >= 11 is 0. The molecule has 3 N–H and O–H groups in total. The number of likely N-dealkylation sites (tertiary alicyclic amines) is 1. The van der Waals surface area contributed by atoms with Gasteiger partial charge in [0.1, 0.15) is 23.7 Å². The number of carbonyl (C=O) groups excluding carboxylic acids is 5. The van der Waals surface area contributed by atoms with Gasteiger partial charge in [-0.05, 0) is 84.0 Å². The van der Waals surface area contributed by atoms with Gasteiger partial charge in [0.25, 0.3) is 5.91 Å². The van der Waals surface area contributed by atoms with E-state index in [1.165, 1.54) is 11.0 Å². The van der Waals surface area contributed by atoms with Gasteiger partial charge in [-0.1, -0.05) is 39.2 Å². The van der Waals surface area contributed by atoms with Crippen LogP contribution < -0.4 is 16.0 Å². The Morgan fingerprint density at radius 3 is 2.15 bits per heavy atom. The van der Waals surface area contributed by atoms with Crippen LogP contribution in [0.2, 0.25) is 0 Å². The summed E-state index contributed by atoms with van der Waals surface area (Å²) in [5, 5.41) is 7.88. The number of piperidine rings is 1. The Bertz CT molecular complexity index is 1310. The van der Waals surface area contributed by atoms with Gasteiger partial charge in [0.2, 0.25) is 17.6 Å². The number of carbonyl (C=O) groups is 5. The summed E-state index contributed by atoms with van der Waals surface area (Å²) in [6.45, 7) is 17.7. The molecule has 0 radical (unpaired) electrons. The highest BCUT2D eigenvalue weighted by atomic mass is 32.2. The highest BCUT2D eigenvalue weighted by Crippen LogP contribution is 2.65. The van der Waals surface area contributed by atoms with Crippen molar-refractivity contribution in [2.24, 2.45) is 23.2 Å². The number of ether oxygens (including phenoxy) is 1. The zero-order valence-electron chi connectivity index (χ0n) is 28.7. The van der Waals surface area contributed by atoms with Gasteiger partial charge >= 0.3 is 6.09 Å². The van der Waals surface area contributed by atoms with Gasteiger partial charge in [-0.3, -0.25) is 19.2 Å². The Labute approximate surface area is 274 Å². The van der Waals surface area contributed by atoms with E-state index in [2.05, 4.69) is 22.5 Å². The van der Waals surface area contributed by atoms with Gasteiger partial charge in [-0.15, -0.1) is 6.58 Å². The fraction of sp³-hybridized carbons (Fsp3) is 0.788. The second-order valence-electron chi connectivity index (χ2n) is 15.5. The topological polar surface area (TPSA) is 168 Å². The molecule has 0 aromatic carbocycles. The summed E-state index contributed by atoms with van der Waals surface area (Å²) in [5.41, 5.74) is -0.975. The molecule has 3 rings (SSSR count). The van der Waals surface area contributed by atoms with Crippen LogP contribution in [0.5, 0.6) is 0 Å². The van der Waals surface area contributed by atoms with Crippen molar-refractivity contribution in [3.05, 3.63) is 12.7 Å². The maximum atomic E-state index is 14.2. The molecule has 13 heteroatoms. The number of alkyl carbamates (subject to hydrolysis) is 1. The van der Waals surface area contributed by atoms with E-state index in [4.69, 9.17) is 4.74 Å². The van der Waals surface area contributed by atoms with E-state index in [0.29, 0.717) is 6.54 Å². The molecule has 4 unspecified atom stereocenters. The lowest BCUT2D eigenvalue weighted by Gasteiger charge is -2.37. The maximum Gasteiger partial charge on any atom is 0.408 e. The fourth-order valence-corrected chi connectivity index (χ4v) is 7.76. The molecule has 0 aromatic rings. The van der Waals surface area contributed by atoms with Crippen molar-refractivity contribution in [3.8, 4) is 0 Å². The number of fused-ring (bicyclic) bond motifs is 1. The van der Waals surface area contributed by atoms with E-state index in [1.807, 2.05) is 13.8 Å². The van der Waals surface area contributed by atoms with Crippen molar-refractivity contribution in [1.29, 1.82) is 0 Å². The van der Waals surface area contributed by atoms with Crippen molar-refractivity contribution >= 4 is 39.4 Å². The second kappa shape index (κ2) is 14.0. The molecule has 4 amide bonds. The Hall–Kier alpha value is -2.96. The lowest BCUT2D eigenvalue weighted by Crippen LogP contribution is -2.59. The third kappa shape index (κ3) is 8.68. The number of amides is 4. The summed E-state index contributed by atoms with van der Waals surface area (Å²) in [4.78, 5) is 68.5. The summed E-state index contributed by atoms with van der Waals surface area (Å²) < 4.78 is 29.3. The molecule has 1 saturated heterocycles. The fourth-order valence-electron chi connectivity index (χ4n) is 6.78. The number of nitrogens with one attached hydrogen (secondary N) is 3. The minimum Gasteiger partial charge on any atom is -0.444 e. The average molecular weight is 667 g/mol. The quantitative estimate of drug-likeness (QED) is 0.211. The number of hydrogen-bond acceptors (Lipinski definition) is 8. The number of nitrogens with zero attached hydrogens (tertiary/aromatic N) is 1. The largest absolute Gasteiger partial charge is 0.444 e. The summed E-state index contributed by atoms with van der Waals surface area (Å²) in [7, 11) is -3.52. The summed E-state index contributed by atoms with van der Waals surface area (Å²) in [6.07, 6.45) is 5.11. The van der Waals surface area contributed by atoms with E-state index >= 15 is 0 Å². The molecule has 3 aliphatic rings. The molecular formula is C33H54N4O8S. The number of hydrogen-bond donors (Lipinski definition) is 3. The van der Waals surface area contributed by atoms with Crippen molar-refractivity contribution < 1.29 is 37.1 Å². The number of ketones is 1. The lowest BCUT2D eigenvalue weighted by atomic mass is 9.83. The van der Waals surface area contributed by atoms with Crippen LogP contribution in [-0.2, 0) is 33.8 Å². The zero-order chi connectivity index (χ0) is 34.8. The highest BCUT2D eigenvalue weighted by Gasteiger charge is 2.69. The van der Waals surface area contributed by atoms with Crippen LogP contribution in [0.3, 0.4) is 0 Å². The van der Waals surface area contributed by atoms with Crippen LogP contribution >= 0.6 is 0 Å². The van der Waals surface area contributed by atoms with Gasteiger partial charge < -0.3 is 25.6 Å². The molecule has 1 aliphatic heterocycles. The van der Waals surface area contributed by atoms with E-state index < -0.39 is 62.0 Å². The molecule has 0 bridgehead atoms. The van der Waals surface area contributed by atoms with Crippen molar-refractivity contribution in [2.75, 3.05) is 18.8 Å². The van der Waals surface area contributed by atoms with E-state index in [-0.39, 0.29) is 47.8 Å². The number of sulfone groups is 1. The van der Waals surface area contributed by atoms with E-state index in [1.54, 1.807) is 41.5 Å². The Balaban J connectivity index is 1.78. The first-order valence-electron chi connectivity index (χ1n) is 16.4. The van der Waals surface area contributed by atoms with Gasteiger partial charge in [-0.2, -0.15) is 0 Å². The third-order valence-electron chi connectivity index (χ3n) is 9.67. The zero-order valence-corrected chi connectivity index (χ0v) is 29.6. The second-order valence-corrected chi connectivity index (χ2v) is 18.4. The maximum absolute atomic E-state index is 14.2. The van der Waals surface area contributed by atoms with Crippen LogP contribution in [0.4, 0.5) is 4.79 Å². The van der Waals surface area contributed by atoms with Crippen molar-refractivity contribution in [2.45, 2.75) is 122 Å². The Morgan fingerprint density at radius 1 is 1.00 bits per heavy atom. The molecule has 3 fully saturated rings. The minimum absolute atomic E-state index is 0.0403. The third-order valence-corrected chi connectivity index (χ3v) is 12.3. The lowest BCUT2D eigenvalue weighted by molar-refractivity contribution is -0.145. The van der Waals surface area contributed by atoms with E-state index in [9.17, 15) is 32.4 Å². The van der Waals surface area contributed by atoms with Crippen LogP contribution in [0, 0.1) is 23.2 Å². The predicted octanol–water partition coefficient (Wildman–Crippen LogP) is 2.90. The van der Waals surface area contributed by atoms with Gasteiger partial charge in [-0.25, -0.2) is 13.2 Å². The van der Waals surface area contributed by atoms with Gasteiger partial charge in [0, 0.05) is 13.1 Å². The molecule has 2 aliphatic carbocycles. The first kappa shape index (κ1) is 37.5. The monoisotopic (exact) mass is 666 g/mol. The molecular weight excluding hydrogens is 612 g/mol. The van der Waals surface area contributed by atoms with Gasteiger partial charge in [0.15, 0.2) is 9.84 Å². The van der Waals surface area contributed by atoms with E-state index in [0.717, 1.165) is 32.1 Å². The van der Waals surface area contributed by atoms with Gasteiger partial charge in [0.05, 0.1) is 10.5 Å². The first-order valence-corrected chi connectivity index (χ1v) is 18.0. The molecule has 46 heavy (non-hydrogen) atoms. The first-order chi connectivity index (χ1) is 21.1. The molecule has 260 valence electrons. The van der Waals surface area contributed by atoms with Crippen LogP contribution in [-0.4, -0.2) is 90.2 Å². The van der Waals surface area contributed by atoms with Crippen LogP contribution in [0.1, 0.15) is 93.9 Å². The highest BCUT2D eigenvalue weighted by molar-refractivity contribution is 7.92. The normalized spacial score (nSPS) is 24.2. The van der Waals surface area contributed by atoms with Crippen molar-refractivity contribution in [1.82, 2.24) is 20.9 Å². The smallest absolute Gasteiger partial charge is 0.408 e. The summed E-state index contributed by atoms with van der Waals surface area (Å²) in [5.74, 6) is -3.42.